The Morgan fingerprint density at radius 3 is 1.88 bits per heavy atom. The maximum Gasteiger partial charge on any atom is 0.330 e. The van der Waals surface area contributed by atoms with Crippen LogP contribution in [-0.2, 0) is 9.53 Å². The van der Waals surface area contributed by atoms with Gasteiger partial charge in [-0.3, -0.25) is 0 Å². The number of hydrogen-bond acceptors (Lipinski definition) is 12. The second kappa shape index (κ2) is 12.6. The van der Waals surface area contributed by atoms with Gasteiger partial charge in [0.2, 0.25) is 11.5 Å². The summed E-state index contributed by atoms with van der Waals surface area (Å²) in [5, 5.41) is 30.5. The normalized spacial score (nSPS) is 20.4. The first-order valence-electron chi connectivity index (χ1n) is 13.3. The van der Waals surface area contributed by atoms with Crippen LogP contribution < -0.4 is 33.2 Å². The number of phenols is 1. The van der Waals surface area contributed by atoms with Crippen molar-refractivity contribution in [1.82, 2.24) is 0 Å². The highest BCUT2D eigenvalue weighted by atomic mass is 16.6. The van der Waals surface area contributed by atoms with E-state index in [1.807, 2.05) is 0 Å². The molecule has 0 saturated carbocycles. The summed E-state index contributed by atoms with van der Waals surface area (Å²) in [6.07, 6.45) is -0.409. The fraction of sp³-hybridized carbons (Fsp3) is 0.323. The molecule has 0 amide bonds. The molecule has 3 aromatic rings. The molecule has 0 radical (unpaired) electrons. The molecule has 0 bridgehead atoms. The number of fused-ring (bicyclic) bond motifs is 2. The Balaban J connectivity index is 1.53. The summed E-state index contributed by atoms with van der Waals surface area (Å²) in [6, 6.07) is 11.4. The minimum atomic E-state index is -0.840. The van der Waals surface area contributed by atoms with Crippen molar-refractivity contribution in [3.63, 3.8) is 0 Å². The number of ether oxygens (including phenoxy) is 8. The Labute approximate surface area is 247 Å². The molecular weight excluding hydrogens is 564 g/mol. The minimum absolute atomic E-state index is 0.0433. The SMILES string of the molecule is COC(=O)/C=C/c1cc(OC)c2c(c1)OC(c1cc(OC)c3c(c1)OC(c1ccc(O)c(OC)c1)C(CO)O3)C(CO)O2. The predicted octanol–water partition coefficient (Wildman–Crippen LogP) is 3.35. The molecule has 5 rings (SSSR count). The average Bonchev–Trinajstić information content (AvgIpc) is 3.04. The summed E-state index contributed by atoms with van der Waals surface area (Å²) in [5.41, 5.74) is 1.73. The number of aromatic hydroxyl groups is 1. The van der Waals surface area contributed by atoms with Crippen LogP contribution >= 0.6 is 0 Å². The van der Waals surface area contributed by atoms with Crippen molar-refractivity contribution in [1.29, 1.82) is 0 Å². The number of hydrogen-bond donors (Lipinski definition) is 3. The minimum Gasteiger partial charge on any atom is -0.504 e. The highest BCUT2D eigenvalue weighted by Crippen LogP contribution is 2.51. The van der Waals surface area contributed by atoms with Crippen LogP contribution in [0.2, 0.25) is 0 Å². The molecule has 0 fully saturated rings. The van der Waals surface area contributed by atoms with Crippen molar-refractivity contribution < 1.29 is 58.0 Å². The molecule has 0 aromatic heterocycles. The van der Waals surface area contributed by atoms with Crippen molar-refractivity contribution in [2.75, 3.05) is 41.7 Å². The molecule has 43 heavy (non-hydrogen) atoms. The van der Waals surface area contributed by atoms with Crippen molar-refractivity contribution in [2.24, 2.45) is 0 Å². The molecule has 2 aliphatic rings. The van der Waals surface area contributed by atoms with Crippen LogP contribution in [0.5, 0.6) is 46.0 Å². The topological polar surface area (TPSA) is 152 Å². The molecule has 0 saturated heterocycles. The van der Waals surface area contributed by atoms with Gasteiger partial charge in [-0.05, 0) is 48.0 Å². The van der Waals surface area contributed by atoms with Gasteiger partial charge < -0.3 is 53.2 Å². The molecule has 228 valence electrons. The third-order valence-corrected chi connectivity index (χ3v) is 7.08. The van der Waals surface area contributed by atoms with Gasteiger partial charge in [-0.15, -0.1) is 0 Å². The molecule has 0 aliphatic carbocycles. The van der Waals surface area contributed by atoms with E-state index < -0.39 is 37.0 Å². The third kappa shape index (κ3) is 5.79. The monoisotopic (exact) mass is 596 g/mol. The quantitative estimate of drug-likeness (QED) is 0.245. The third-order valence-electron chi connectivity index (χ3n) is 7.08. The number of aliphatic hydroxyl groups is 2. The molecular formula is C31H32O12. The number of carbonyl (C=O) groups is 1. The van der Waals surface area contributed by atoms with Crippen LogP contribution in [0.1, 0.15) is 28.9 Å². The molecule has 2 aliphatic heterocycles. The van der Waals surface area contributed by atoms with E-state index in [1.165, 1.54) is 40.6 Å². The largest absolute Gasteiger partial charge is 0.504 e. The van der Waals surface area contributed by atoms with E-state index in [-0.39, 0.29) is 23.9 Å². The standard InChI is InChI=1S/C31H32O12/c1-36-20-11-17(6-7-19(20)34)28-25(14-32)42-31-22(38-3)12-18(13-24(31)41-28)29-26(15-33)43-30-21(37-2)9-16(10-23(30)40-29)5-8-27(35)39-4/h5-13,25-26,28-29,32-34H,14-15H2,1-4H3/b8-5+. The van der Waals surface area contributed by atoms with Crippen molar-refractivity contribution in [3.05, 3.63) is 65.2 Å². The van der Waals surface area contributed by atoms with Crippen LogP contribution in [-0.4, -0.2) is 75.1 Å². The summed E-state index contributed by atoms with van der Waals surface area (Å²) in [4.78, 5) is 11.6. The number of benzene rings is 3. The first-order chi connectivity index (χ1) is 20.8. The molecule has 12 nitrogen and oxygen atoms in total. The summed E-state index contributed by atoms with van der Waals surface area (Å²) in [6.45, 7) is -0.758. The van der Waals surface area contributed by atoms with E-state index in [9.17, 15) is 20.1 Å². The zero-order chi connectivity index (χ0) is 30.7. The Bertz CT molecular complexity index is 1520. The maximum absolute atomic E-state index is 11.6. The smallest absolute Gasteiger partial charge is 0.330 e. The van der Waals surface area contributed by atoms with Gasteiger partial charge in [0.15, 0.2) is 58.9 Å². The zero-order valence-corrected chi connectivity index (χ0v) is 23.9. The first kappa shape index (κ1) is 29.7. The van der Waals surface area contributed by atoms with Gasteiger partial charge in [-0.25, -0.2) is 4.79 Å². The number of esters is 1. The predicted molar refractivity (Wildman–Crippen MR) is 151 cm³/mol. The Hall–Kier alpha value is -4.81. The summed E-state index contributed by atoms with van der Waals surface area (Å²) in [5.74, 6) is 1.53. The van der Waals surface area contributed by atoms with Gasteiger partial charge >= 0.3 is 5.97 Å². The van der Waals surface area contributed by atoms with Gasteiger partial charge in [-0.2, -0.15) is 0 Å². The van der Waals surface area contributed by atoms with E-state index in [2.05, 4.69) is 4.74 Å². The number of aliphatic hydroxyl groups excluding tert-OH is 2. The Kier molecular flexibility index (Phi) is 8.69. The molecule has 4 unspecified atom stereocenters. The number of carbonyl (C=O) groups excluding carboxylic acids is 1. The summed E-state index contributed by atoms with van der Waals surface area (Å²) in [7, 11) is 5.66. The maximum atomic E-state index is 11.6. The number of phenolic OH excluding ortho intramolecular Hbond substituents is 1. The Morgan fingerprint density at radius 2 is 1.30 bits per heavy atom. The van der Waals surface area contributed by atoms with Crippen molar-refractivity contribution in [2.45, 2.75) is 24.4 Å². The second-order valence-corrected chi connectivity index (χ2v) is 9.64. The Morgan fingerprint density at radius 1 is 0.744 bits per heavy atom. The van der Waals surface area contributed by atoms with Crippen LogP contribution in [0.25, 0.3) is 6.08 Å². The van der Waals surface area contributed by atoms with Gasteiger partial charge in [0.25, 0.3) is 0 Å². The number of methoxy groups -OCH3 is 4. The summed E-state index contributed by atoms with van der Waals surface area (Å²) < 4.78 is 46.0. The van der Waals surface area contributed by atoms with Crippen LogP contribution in [0.3, 0.4) is 0 Å². The van der Waals surface area contributed by atoms with Gasteiger partial charge in [0, 0.05) is 17.2 Å². The lowest BCUT2D eigenvalue weighted by Crippen LogP contribution is -2.37. The average molecular weight is 597 g/mol. The highest BCUT2D eigenvalue weighted by molar-refractivity contribution is 5.87. The van der Waals surface area contributed by atoms with E-state index >= 15 is 0 Å². The van der Waals surface area contributed by atoms with Crippen LogP contribution in [0, 0.1) is 0 Å². The first-order valence-corrected chi connectivity index (χ1v) is 13.3. The van der Waals surface area contributed by atoms with E-state index in [1.54, 1.807) is 42.5 Å². The van der Waals surface area contributed by atoms with Gasteiger partial charge in [0.05, 0.1) is 41.7 Å². The van der Waals surface area contributed by atoms with E-state index in [4.69, 9.17) is 33.2 Å². The molecule has 4 atom stereocenters. The van der Waals surface area contributed by atoms with Gasteiger partial charge in [-0.1, -0.05) is 6.07 Å². The van der Waals surface area contributed by atoms with Crippen LogP contribution in [0.15, 0.2) is 48.5 Å². The lowest BCUT2D eigenvalue weighted by molar-refractivity contribution is -0.134. The second-order valence-electron chi connectivity index (χ2n) is 9.64. The molecule has 3 N–H and O–H groups in total. The van der Waals surface area contributed by atoms with Gasteiger partial charge in [0.1, 0.15) is 0 Å². The highest BCUT2D eigenvalue weighted by Gasteiger charge is 2.39. The van der Waals surface area contributed by atoms with Crippen molar-refractivity contribution in [3.8, 4) is 46.0 Å². The van der Waals surface area contributed by atoms with E-state index in [0.29, 0.717) is 45.4 Å². The number of rotatable bonds is 9. The zero-order valence-electron chi connectivity index (χ0n) is 23.9. The fourth-order valence-electron chi connectivity index (χ4n) is 4.95. The van der Waals surface area contributed by atoms with Crippen LogP contribution in [0.4, 0.5) is 0 Å². The molecule has 2 heterocycles. The molecule has 12 heteroatoms. The lowest BCUT2D eigenvalue weighted by Gasteiger charge is -2.37. The van der Waals surface area contributed by atoms with E-state index in [0.717, 1.165) is 0 Å². The fourth-order valence-corrected chi connectivity index (χ4v) is 4.95. The molecule has 0 spiro atoms. The lowest BCUT2D eigenvalue weighted by atomic mass is 9.99. The molecule has 3 aromatic carbocycles. The summed E-state index contributed by atoms with van der Waals surface area (Å²) >= 11 is 0. The van der Waals surface area contributed by atoms with Crippen molar-refractivity contribution >= 4 is 12.0 Å².